The van der Waals surface area contributed by atoms with Gasteiger partial charge in [0.05, 0.1) is 5.56 Å². The lowest BCUT2D eigenvalue weighted by atomic mass is 10.2. The van der Waals surface area contributed by atoms with Gasteiger partial charge in [-0.15, -0.1) is 0 Å². The lowest BCUT2D eigenvalue weighted by Crippen LogP contribution is -2.41. The summed E-state index contributed by atoms with van der Waals surface area (Å²) in [5.74, 6) is 0.0680. The minimum atomic E-state index is -0.628. The zero-order valence-corrected chi connectivity index (χ0v) is 14.3. The largest absolute Gasteiger partial charge is 0.507 e. The Kier molecular flexibility index (Phi) is 5.31. The zero-order chi connectivity index (χ0) is 19.2. The molecule has 0 bridgehead atoms. The van der Waals surface area contributed by atoms with Crippen molar-refractivity contribution in [2.45, 2.75) is 13.5 Å². The Labute approximate surface area is 153 Å². The molecular weight excluding hydrogens is 352 g/mol. The first-order chi connectivity index (χ1) is 13.0. The van der Waals surface area contributed by atoms with Crippen molar-refractivity contribution in [2.24, 2.45) is 0 Å². The Hall–Kier alpha value is -3.88. The molecule has 0 aliphatic heterocycles. The van der Waals surface area contributed by atoms with Gasteiger partial charge in [-0.05, 0) is 36.4 Å². The molecule has 3 N–H and O–H groups in total. The minimum Gasteiger partial charge on any atom is -0.507 e. The van der Waals surface area contributed by atoms with Crippen molar-refractivity contribution in [1.29, 1.82) is 0 Å². The van der Waals surface area contributed by atoms with Gasteiger partial charge in [-0.25, -0.2) is 0 Å². The third kappa shape index (κ3) is 4.60. The molecule has 0 radical (unpaired) electrons. The highest BCUT2D eigenvalue weighted by Gasteiger charge is 2.12. The first-order valence-corrected chi connectivity index (χ1v) is 7.93. The minimum absolute atomic E-state index is 0.0539. The fourth-order valence-electron chi connectivity index (χ4n) is 2.17. The van der Waals surface area contributed by atoms with Crippen LogP contribution in [-0.4, -0.2) is 27.1 Å². The van der Waals surface area contributed by atoms with Gasteiger partial charge >= 0.3 is 0 Å². The number of para-hydroxylation sites is 1. The molecule has 3 aromatic rings. The van der Waals surface area contributed by atoms with Crippen molar-refractivity contribution < 1.29 is 24.0 Å². The van der Waals surface area contributed by atoms with E-state index in [2.05, 4.69) is 21.0 Å². The molecule has 2 amide bonds. The maximum Gasteiger partial charge on any atom is 0.273 e. The molecule has 0 unspecified atom stereocenters. The van der Waals surface area contributed by atoms with Crippen molar-refractivity contribution in [3.8, 4) is 11.5 Å². The average Bonchev–Trinajstić information content (AvgIpc) is 3.10. The molecular formula is C18H16N4O5. The van der Waals surface area contributed by atoms with Gasteiger partial charge < -0.3 is 14.4 Å². The number of aryl methyl sites for hydroxylation is 1. The van der Waals surface area contributed by atoms with Crippen LogP contribution in [-0.2, 0) is 6.61 Å². The second kappa shape index (κ2) is 8.00. The van der Waals surface area contributed by atoms with Crippen LogP contribution in [0.5, 0.6) is 11.5 Å². The van der Waals surface area contributed by atoms with Crippen molar-refractivity contribution in [2.75, 3.05) is 0 Å². The molecule has 0 aliphatic carbocycles. The summed E-state index contributed by atoms with van der Waals surface area (Å²) < 4.78 is 10.3. The number of hydrazine groups is 1. The third-order valence-electron chi connectivity index (χ3n) is 3.49. The van der Waals surface area contributed by atoms with Gasteiger partial charge in [0.2, 0.25) is 11.7 Å². The van der Waals surface area contributed by atoms with Gasteiger partial charge in [-0.3, -0.25) is 20.4 Å². The summed E-state index contributed by atoms with van der Waals surface area (Å²) in [5, 5.41) is 13.3. The number of phenols is 1. The molecule has 1 aromatic heterocycles. The number of amides is 2. The fraction of sp³-hybridized carbons (Fsp3) is 0.111. The molecule has 138 valence electrons. The van der Waals surface area contributed by atoms with Crippen molar-refractivity contribution in [3.05, 3.63) is 71.4 Å². The molecule has 0 atom stereocenters. The number of hydrogen-bond acceptors (Lipinski definition) is 7. The molecule has 9 heteroatoms. The highest BCUT2D eigenvalue weighted by Crippen LogP contribution is 2.15. The van der Waals surface area contributed by atoms with E-state index in [1.165, 1.54) is 24.3 Å². The predicted molar refractivity (Wildman–Crippen MR) is 92.8 cm³/mol. The number of aromatic hydroxyl groups is 1. The van der Waals surface area contributed by atoms with Crippen LogP contribution in [0.15, 0.2) is 53.1 Å². The molecule has 27 heavy (non-hydrogen) atoms. The second-order valence-corrected chi connectivity index (χ2v) is 5.47. The number of carbonyl (C=O) groups excluding carboxylic acids is 2. The van der Waals surface area contributed by atoms with Crippen LogP contribution in [0.4, 0.5) is 0 Å². The van der Waals surface area contributed by atoms with Crippen LogP contribution in [0, 0.1) is 6.92 Å². The van der Waals surface area contributed by atoms with E-state index in [0.29, 0.717) is 23.0 Å². The summed E-state index contributed by atoms with van der Waals surface area (Å²) in [4.78, 5) is 28.1. The molecule has 0 fully saturated rings. The SMILES string of the molecule is Cc1nc(COc2ccc(C(=O)NNC(=O)c3ccccc3O)cc2)no1. The number of nitrogens with one attached hydrogen (secondary N) is 2. The molecule has 1 heterocycles. The number of nitrogens with zero attached hydrogens (tertiary/aromatic N) is 2. The summed E-state index contributed by atoms with van der Waals surface area (Å²) >= 11 is 0. The van der Waals surface area contributed by atoms with E-state index >= 15 is 0 Å². The van der Waals surface area contributed by atoms with Crippen molar-refractivity contribution in [3.63, 3.8) is 0 Å². The summed E-state index contributed by atoms with van der Waals surface area (Å²) in [6.45, 7) is 1.82. The number of rotatable bonds is 5. The Balaban J connectivity index is 1.52. The Morgan fingerprint density at radius 3 is 2.44 bits per heavy atom. The van der Waals surface area contributed by atoms with E-state index in [-0.39, 0.29) is 17.9 Å². The predicted octanol–water partition coefficient (Wildman–Crippen LogP) is 1.74. The lowest BCUT2D eigenvalue weighted by Gasteiger charge is -2.09. The maximum atomic E-state index is 12.1. The monoisotopic (exact) mass is 368 g/mol. The standard InChI is InChI=1S/C18H16N4O5/c1-11-19-16(22-27-11)10-26-13-8-6-12(7-9-13)17(24)20-21-18(25)14-4-2-3-5-15(14)23/h2-9,23H,10H2,1H3,(H,20,24)(H,21,25). The van der Waals surface area contributed by atoms with Gasteiger partial charge in [0, 0.05) is 12.5 Å². The maximum absolute atomic E-state index is 12.1. The molecule has 9 nitrogen and oxygen atoms in total. The quantitative estimate of drug-likeness (QED) is 0.585. The third-order valence-corrected chi connectivity index (χ3v) is 3.49. The summed E-state index contributed by atoms with van der Waals surface area (Å²) in [5.41, 5.74) is 4.90. The van der Waals surface area contributed by atoms with Gasteiger partial charge in [0.15, 0.2) is 6.61 Å². The summed E-state index contributed by atoms with van der Waals surface area (Å²) in [7, 11) is 0. The number of hydrogen-bond donors (Lipinski definition) is 3. The van der Waals surface area contributed by atoms with Crippen LogP contribution in [0.2, 0.25) is 0 Å². The number of aromatic nitrogens is 2. The molecule has 0 aliphatic rings. The first kappa shape index (κ1) is 17.9. The normalized spacial score (nSPS) is 10.3. The number of phenolic OH excluding ortho intramolecular Hbond substituents is 1. The van der Waals surface area contributed by atoms with Gasteiger partial charge in [0.1, 0.15) is 11.5 Å². The van der Waals surface area contributed by atoms with Crippen molar-refractivity contribution >= 4 is 11.8 Å². The molecule has 0 saturated carbocycles. The van der Waals surface area contributed by atoms with E-state index in [1.54, 1.807) is 31.2 Å². The molecule has 3 rings (SSSR count). The fourth-order valence-corrected chi connectivity index (χ4v) is 2.17. The topological polar surface area (TPSA) is 127 Å². The smallest absolute Gasteiger partial charge is 0.273 e. The average molecular weight is 368 g/mol. The zero-order valence-electron chi connectivity index (χ0n) is 14.3. The van der Waals surface area contributed by atoms with Gasteiger partial charge in [0.25, 0.3) is 11.8 Å². The van der Waals surface area contributed by atoms with Crippen LogP contribution in [0.1, 0.15) is 32.4 Å². The van der Waals surface area contributed by atoms with Gasteiger partial charge in [-0.2, -0.15) is 4.98 Å². The van der Waals surface area contributed by atoms with Crippen LogP contribution in [0.3, 0.4) is 0 Å². The van der Waals surface area contributed by atoms with Crippen LogP contribution < -0.4 is 15.6 Å². The molecule has 2 aromatic carbocycles. The van der Waals surface area contributed by atoms with E-state index < -0.39 is 11.8 Å². The van der Waals surface area contributed by atoms with E-state index in [0.717, 1.165) is 0 Å². The van der Waals surface area contributed by atoms with E-state index in [9.17, 15) is 14.7 Å². The van der Waals surface area contributed by atoms with Crippen LogP contribution in [0.25, 0.3) is 0 Å². The van der Waals surface area contributed by atoms with E-state index in [1.807, 2.05) is 0 Å². The number of carbonyl (C=O) groups is 2. The van der Waals surface area contributed by atoms with E-state index in [4.69, 9.17) is 9.26 Å². The van der Waals surface area contributed by atoms with Crippen LogP contribution >= 0.6 is 0 Å². The molecule has 0 spiro atoms. The number of ether oxygens (including phenoxy) is 1. The second-order valence-electron chi connectivity index (χ2n) is 5.47. The highest BCUT2D eigenvalue weighted by atomic mass is 16.5. The Morgan fingerprint density at radius 2 is 1.78 bits per heavy atom. The Bertz CT molecular complexity index is 952. The summed E-state index contributed by atoms with van der Waals surface area (Å²) in [6, 6.07) is 12.3. The molecule has 0 saturated heterocycles. The number of benzene rings is 2. The first-order valence-electron chi connectivity index (χ1n) is 7.93. The summed E-state index contributed by atoms with van der Waals surface area (Å²) in [6.07, 6.45) is 0. The van der Waals surface area contributed by atoms with Crippen molar-refractivity contribution in [1.82, 2.24) is 21.0 Å². The Morgan fingerprint density at radius 1 is 1.07 bits per heavy atom. The van der Waals surface area contributed by atoms with Gasteiger partial charge in [-0.1, -0.05) is 17.3 Å². The lowest BCUT2D eigenvalue weighted by molar-refractivity contribution is 0.0845. The highest BCUT2D eigenvalue weighted by molar-refractivity contribution is 6.00.